The zero-order chi connectivity index (χ0) is 21.9. The van der Waals surface area contributed by atoms with E-state index in [1.54, 1.807) is 14.2 Å². The summed E-state index contributed by atoms with van der Waals surface area (Å²) in [4.78, 5) is 6.83. The van der Waals surface area contributed by atoms with Crippen molar-refractivity contribution in [2.75, 3.05) is 47.6 Å². The summed E-state index contributed by atoms with van der Waals surface area (Å²) in [5, 5.41) is 3.53. The molecule has 3 rings (SSSR count). The third-order valence-electron chi connectivity index (χ3n) is 6.11. The summed E-state index contributed by atoms with van der Waals surface area (Å²) < 4.78 is 22.8. The monoisotopic (exact) mass is 433 g/mol. The molecule has 1 heterocycles. The van der Waals surface area contributed by atoms with Crippen LogP contribution in [0.1, 0.15) is 50.5 Å². The van der Waals surface area contributed by atoms with Crippen molar-refractivity contribution in [2.24, 2.45) is 4.99 Å². The van der Waals surface area contributed by atoms with Gasteiger partial charge in [-0.3, -0.25) is 4.99 Å². The van der Waals surface area contributed by atoms with E-state index < -0.39 is 0 Å². The average Bonchev–Trinajstić information content (AvgIpc) is 3.32. The molecule has 0 bridgehead atoms. The lowest BCUT2D eigenvalue weighted by Gasteiger charge is -2.34. The number of nitrogens with zero attached hydrogens (tertiary/aromatic N) is 2. The maximum Gasteiger partial charge on any atom is 0.193 e. The van der Waals surface area contributed by atoms with Gasteiger partial charge in [0, 0.05) is 58.6 Å². The fourth-order valence-corrected chi connectivity index (χ4v) is 4.30. The zero-order valence-electron chi connectivity index (χ0n) is 19.4. The van der Waals surface area contributed by atoms with Crippen molar-refractivity contribution in [3.63, 3.8) is 0 Å². The summed E-state index contributed by atoms with van der Waals surface area (Å²) >= 11 is 0. The molecule has 1 N–H and O–H groups in total. The number of hydrogen-bond acceptors (Lipinski definition) is 5. The Morgan fingerprint density at radius 2 is 1.84 bits per heavy atom. The number of likely N-dealkylation sites (tertiary alicyclic amines) is 1. The lowest BCUT2D eigenvalue weighted by molar-refractivity contribution is 0.00989. The molecule has 174 valence electrons. The molecular weight excluding hydrogens is 394 g/mol. The first kappa shape index (κ1) is 23.7. The standard InChI is InChI=1S/C24H39N3O4/c1-25-24(27-13-11-20(12-14-27)30-16-6-15-28-2)26-18-19-9-10-22(29-3)17-23(19)31-21-7-4-5-8-21/h9-10,17,20-21H,4-8,11-16,18H2,1-3H3,(H,25,26). The number of piperidine rings is 1. The number of hydrogen-bond donors (Lipinski definition) is 1. The van der Waals surface area contributed by atoms with Crippen LogP contribution in [-0.2, 0) is 16.0 Å². The highest BCUT2D eigenvalue weighted by atomic mass is 16.5. The molecule has 1 aliphatic heterocycles. The summed E-state index contributed by atoms with van der Waals surface area (Å²) in [6.45, 7) is 4.09. The second kappa shape index (κ2) is 12.8. The summed E-state index contributed by atoms with van der Waals surface area (Å²) in [6, 6.07) is 6.09. The van der Waals surface area contributed by atoms with Crippen LogP contribution in [0.25, 0.3) is 0 Å². The van der Waals surface area contributed by atoms with E-state index in [0.717, 1.165) is 81.4 Å². The van der Waals surface area contributed by atoms with Crippen LogP contribution < -0.4 is 14.8 Å². The lowest BCUT2D eigenvalue weighted by atomic mass is 10.1. The van der Waals surface area contributed by atoms with Gasteiger partial charge in [-0.25, -0.2) is 0 Å². The summed E-state index contributed by atoms with van der Waals surface area (Å²) in [7, 11) is 5.27. The Balaban J connectivity index is 1.51. The van der Waals surface area contributed by atoms with Crippen molar-refractivity contribution in [1.29, 1.82) is 0 Å². The first-order valence-corrected chi connectivity index (χ1v) is 11.6. The highest BCUT2D eigenvalue weighted by molar-refractivity contribution is 5.80. The van der Waals surface area contributed by atoms with Gasteiger partial charge in [-0.1, -0.05) is 0 Å². The molecule has 1 aromatic carbocycles. The molecule has 1 saturated heterocycles. The number of benzene rings is 1. The maximum atomic E-state index is 6.33. The highest BCUT2D eigenvalue weighted by Crippen LogP contribution is 2.30. The minimum atomic E-state index is 0.313. The molecule has 0 spiro atoms. The van der Waals surface area contributed by atoms with Crippen LogP contribution in [0.3, 0.4) is 0 Å². The zero-order valence-corrected chi connectivity index (χ0v) is 19.4. The van der Waals surface area contributed by atoms with Crippen LogP contribution >= 0.6 is 0 Å². The Hall–Kier alpha value is -1.99. The number of guanidine groups is 1. The van der Waals surface area contributed by atoms with Crippen LogP contribution in [0.2, 0.25) is 0 Å². The summed E-state index contributed by atoms with van der Waals surface area (Å²) in [5.41, 5.74) is 1.13. The van der Waals surface area contributed by atoms with E-state index >= 15 is 0 Å². The quantitative estimate of drug-likeness (QED) is 0.345. The van der Waals surface area contributed by atoms with Gasteiger partial charge in [-0.15, -0.1) is 0 Å². The topological polar surface area (TPSA) is 64.6 Å². The van der Waals surface area contributed by atoms with E-state index in [2.05, 4.69) is 21.3 Å². The Kier molecular flexibility index (Phi) is 9.75. The van der Waals surface area contributed by atoms with Crippen molar-refractivity contribution in [3.05, 3.63) is 23.8 Å². The van der Waals surface area contributed by atoms with E-state index in [4.69, 9.17) is 18.9 Å². The molecule has 7 heteroatoms. The molecule has 0 amide bonds. The number of aliphatic imine (C=N–C) groups is 1. The van der Waals surface area contributed by atoms with Crippen LogP contribution in [0.15, 0.2) is 23.2 Å². The van der Waals surface area contributed by atoms with Crippen LogP contribution in [0.5, 0.6) is 11.5 Å². The van der Waals surface area contributed by atoms with Gasteiger partial charge in [-0.05, 0) is 57.1 Å². The minimum Gasteiger partial charge on any atom is -0.497 e. The molecule has 0 aromatic heterocycles. The molecule has 2 fully saturated rings. The predicted molar refractivity (Wildman–Crippen MR) is 123 cm³/mol. The largest absolute Gasteiger partial charge is 0.497 e. The second-order valence-electron chi connectivity index (χ2n) is 8.30. The first-order chi connectivity index (χ1) is 15.2. The van der Waals surface area contributed by atoms with E-state index in [0.29, 0.717) is 18.8 Å². The fourth-order valence-electron chi connectivity index (χ4n) is 4.30. The third kappa shape index (κ3) is 7.28. The van der Waals surface area contributed by atoms with Gasteiger partial charge < -0.3 is 29.2 Å². The van der Waals surface area contributed by atoms with Crippen molar-refractivity contribution < 1.29 is 18.9 Å². The van der Waals surface area contributed by atoms with Crippen molar-refractivity contribution >= 4 is 5.96 Å². The van der Waals surface area contributed by atoms with Gasteiger partial charge in [0.25, 0.3) is 0 Å². The number of methoxy groups -OCH3 is 2. The lowest BCUT2D eigenvalue weighted by Crippen LogP contribution is -2.46. The van der Waals surface area contributed by atoms with E-state index in [1.807, 2.05) is 19.2 Å². The molecule has 31 heavy (non-hydrogen) atoms. The van der Waals surface area contributed by atoms with Gasteiger partial charge in [0.1, 0.15) is 11.5 Å². The normalized spacial score (nSPS) is 18.4. The van der Waals surface area contributed by atoms with Gasteiger partial charge in [-0.2, -0.15) is 0 Å². The predicted octanol–water partition coefficient (Wildman–Crippen LogP) is 3.61. The van der Waals surface area contributed by atoms with Gasteiger partial charge in [0.15, 0.2) is 5.96 Å². The molecule has 0 unspecified atom stereocenters. The number of rotatable bonds is 10. The van der Waals surface area contributed by atoms with Gasteiger partial charge in [0.2, 0.25) is 0 Å². The number of ether oxygens (including phenoxy) is 4. The van der Waals surface area contributed by atoms with Crippen molar-refractivity contribution in [1.82, 2.24) is 10.2 Å². The Morgan fingerprint density at radius 3 is 2.52 bits per heavy atom. The Labute approximate surface area is 187 Å². The molecule has 0 atom stereocenters. The van der Waals surface area contributed by atoms with E-state index in [1.165, 1.54) is 12.8 Å². The molecule has 1 saturated carbocycles. The second-order valence-corrected chi connectivity index (χ2v) is 8.30. The van der Waals surface area contributed by atoms with Crippen LogP contribution in [0.4, 0.5) is 0 Å². The van der Waals surface area contributed by atoms with Crippen LogP contribution in [-0.4, -0.2) is 70.6 Å². The number of nitrogens with one attached hydrogen (secondary N) is 1. The van der Waals surface area contributed by atoms with E-state index in [9.17, 15) is 0 Å². The van der Waals surface area contributed by atoms with Crippen molar-refractivity contribution in [2.45, 2.75) is 63.7 Å². The SMILES string of the molecule is CN=C(NCc1ccc(OC)cc1OC1CCCC1)N1CCC(OCCCOC)CC1. The molecular formula is C24H39N3O4. The average molecular weight is 434 g/mol. The maximum absolute atomic E-state index is 6.33. The molecule has 1 aromatic rings. The molecule has 0 radical (unpaired) electrons. The van der Waals surface area contributed by atoms with Crippen molar-refractivity contribution in [3.8, 4) is 11.5 Å². The van der Waals surface area contributed by atoms with Gasteiger partial charge in [0.05, 0.1) is 19.3 Å². The van der Waals surface area contributed by atoms with Crippen LogP contribution in [0, 0.1) is 0 Å². The minimum absolute atomic E-state index is 0.313. The smallest absolute Gasteiger partial charge is 0.193 e. The Morgan fingerprint density at radius 1 is 1.06 bits per heavy atom. The van der Waals surface area contributed by atoms with Gasteiger partial charge >= 0.3 is 0 Å². The highest BCUT2D eigenvalue weighted by Gasteiger charge is 2.23. The Bertz CT molecular complexity index is 683. The van der Waals surface area contributed by atoms with E-state index in [-0.39, 0.29) is 0 Å². The summed E-state index contributed by atoms with van der Waals surface area (Å²) in [5.74, 6) is 2.67. The first-order valence-electron chi connectivity index (χ1n) is 11.6. The third-order valence-corrected chi connectivity index (χ3v) is 6.11. The summed E-state index contributed by atoms with van der Waals surface area (Å²) in [6.07, 6.45) is 8.41. The molecule has 7 nitrogen and oxygen atoms in total. The molecule has 1 aliphatic carbocycles. The fraction of sp³-hybridized carbons (Fsp3) is 0.708. The molecule has 2 aliphatic rings.